The molecule has 1 rings (SSSR count). The lowest BCUT2D eigenvalue weighted by Crippen LogP contribution is -2.39. The molecule has 2 atom stereocenters. The Labute approximate surface area is 67.9 Å². The molecule has 0 saturated heterocycles. The third-order valence-electron chi connectivity index (χ3n) is 2.38. The van der Waals surface area contributed by atoms with Gasteiger partial charge < -0.3 is 5.73 Å². The average molecular weight is 177 g/mol. The fourth-order valence-electron chi connectivity index (χ4n) is 1.15. The summed E-state index contributed by atoms with van der Waals surface area (Å²) < 4.78 is 22.0. The highest BCUT2D eigenvalue weighted by Gasteiger charge is 2.35. The van der Waals surface area contributed by atoms with Crippen LogP contribution in [-0.4, -0.2) is 26.0 Å². The van der Waals surface area contributed by atoms with Crippen molar-refractivity contribution in [3.05, 3.63) is 0 Å². The molecule has 0 aromatic rings. The van der Waals surface area contributed by atoms with Crippen molar-refractivity contribution in [2.45, 2.75) is 31.1 Å². The molecule has 0 spiro atoms. The average Bonchev–Trinajstić information content (AvgIpc) is 2.63. The van der Waals surface area contributed by atoms with E-state index in [-0.39, 0.29) is 11.3 Å². The summed E-state index contributed by atoms with van der Waals surface area (Å²) in [5.74, 6) is 0.458. The number of hydrogen-bond donors (Lipinski definition) is 1. The molecule has 0 heterocycles. The van der Waals surface area contributed by atoms with Crippen LogP contribution in [0, 0.1) is 5.92 Å². The van der Waals surface area contributed by atoms with Gasteiger partial charge in [-0.2, -0.15) is 0 Å². The zero-order valence-electron chi connectivity index (χ0n) is 6.95. The Morgan fingerprint density at radius 1 is 1.45 bits per heavy atom. The molecule has 1 aliphatic rings. The maximum Gasteiger partial charge on any atom is 0.151 e. The van der Waals surface area contributed by atoms with E-state index in [2.05, 4.69) is 0 Å². The lowest BCUT2D eigenvalue weighted by atomic mass is 10.1. The van der Waals surface area contributed by atoms with Gasteiger partial charge in [0.05, 0.1) is 5.25 Å². The van der Waals surface area contributed by atoms with Crippen molar-refractivity contribution in [3.63, 3.8) is 0 Å². The molecule has 11 heavy (non-hydrogen) atoms. The minimum Gasteiger partial charge on any atom is -0.326 e. The third-order valence-corrected chi connectivity index (χ3v) is 4.05. The van der Waals surface area contributed by atoms with Crippen LogP contribution in [-0.2, 0) is 9.84 Å². The molecule has 0 radical (unpaired) electrons. The van der Waals surface area contributed by atoms with E-state index in [4.69, 9.17) is 5.73 Å². The highest BCUT2D eigenvalue weighted by Crippen LogP contribution is 2.34. The SMILES string of the molecule is C[C@H]([C@H](N)C1CC1)S(C)(=O)=O. The quantitative estimate of drug-likeness (QED) is 0.668. The standard InChI is InChI=1S/C7H15NO2S/c1-5(11(2,9)10)7(8)6-3-4-6/h5-7H,3-4,8H2,1-2H3/t5-,7+/m1/s1. The first-order valence-corrected chi connectivity index (χ1v) is 5.83. The summed E-state index contributed by atoms with van der Waals surface area (Å²) in [6, 6.07) is -0.148. The van der Waals surface area contributed by atoms with Crippen LogP contribution in [0.1, 0.15) is 19.8 Å². The molecule has 0 aromatic carbocycles. The van der Waals surface area contributed by atoms with Crippen LogP contribution in [0.2, 0.25) is 0 Å². The molecule has 0 aliphatic heterocycles. The first kappa shape index (κ1) is 9.00. The minimum absolute atomic E-state index is 0.148. The van der Waals surface area contributed by atoms with Crippen LogP contribution in [0.25, 0.3) is 0 Å². The fraction of sp³-hybridized carbons (Fsp3) is 1.00. The molecule has 0 unspecified atom stereocenters. The van der Waals surface area contributed by atoms with Crippen molar-refractivity contribution < 1.29 is 8.42 Å². The normalized spacial score (nSPS) is 24.6. The first-order chi connectivity index (χ1) is 4.93. The van der Waals surface area contributed by atoms with Gasteiger partial charge in [-0.3, -0.25) is 0 Å². The fourth-order valence-corrected chi connectivity index (χ4v) is 1.94. The molecule has 66 valence electrons. The van der Waals surface area contributed by atoms with Gasteiger partial charge in [-0.05, 0) is 25.7 Å². The molecular formula is C7H15NO2S. The Hall–Kier alpha value is -0.0900. The van der Waals surface area contributed by atoms with E-state index in [9.17, 15) is 8.42 Å². The molecule has 1 aliphatic carbocycles. The summed E-state index contributed by atoms with van der Waals surface area (Å²) in [4.78, 5) is 0. The van der Waals surface area contributed by atoms with E-state index in [1.807, 2.05) is 0 Å². The smallest absolute Gasteiger partial charge is 0.151 e. The van der Waals surface area contributed by atoms with E-state index in [1.54, 1.807) is 6.92 Å². The van der Waals surface area contributed by atoms with Crippen molar-refractivity contribution in [1.82, 2.24) is 0 Å². The predicted molar refractivity (Wildman–Crippen MR) is 45.0 cm³/mol. The van der Waals surface area contributed by atoms with Crippen LogP contribution in [0.5, 0.6) is 0 Å². The number of hydrogen-bond acceptors (Lipinski definition) is 3. The molecule has 1 fully saturated rings. The number of nitrogens with two attached hydrogens (primary N) is 1. The zero-order valence-corrected chi connectivity index (χ0v) is 7.76. The monoisotopic (exact) mass is 177 g/mol. The van der Waals surface area contributed by atoms with Crippen LogP contribution < -0.4 is 5.73 Å². The minimum atomic E-state index is -2.93. The van der Waals surface area contributed by atoms with Crippen molar-refractivity contribution >= 4 is 9.84 Å². The number of rotatable bonds is 3. The Morgan fingerprint density at radius 2 is 1.91 bits per heavy atom. The Kier molecular flexibility index (Phi) is 2.25. The lowest BCUT2D eigenvalue weighted by molar-refractivity contribution is 0.536. The van der Waals surface area contributed by atoms with Gasteiger partial charge in [0.1, 0.15) is 0 Å². The zero-order chi connectivity index (χ0) is 8.65. The number of sulfone groups is 1. The maximum absolute atomic E-state index is 11.0. The Bertz CT molecular complexity index is 231. The van der Waals surface area contributed by atoms with Crippen LogP contribution >= 0.6 is 0 Å². The van der Waals surface area contributed by atoms with E-state index < -0.39 is 9.84 Å². The summed E-state index contributed by atoms with van der Waals surface area (Å²) in [5, 5.41) is -0.380. The van der Waals surface area contributed by atoms with Crippen LogP contribution in [0.4, 0.5) is 0 Å². The van der Waals surface area contributed by atoms with Gasteiger partial charge >= 0.3 is 0 Å². The third kappa shape index (κ3) is 2.17. The largest absolute Gasteiger partial charge is 0.326 e. The summed E-state index contributed by atoms with van der Waals surface area (Å²) in [6.45, 7) is 1.69. The van der Waals surface area contributed by atoms with Gasteiger partial charge in [0.15, 0.2) is 9.84 Å². The molecular weight excluding hydrogens is 162 g/mol. The van der Waals surface area contributed by atoms with Gasteiger partial charge in [0.25, 0.3) is 0 Å². The molecule has 4 heteroatoms. The van der Waals surface area contributed by atoms with Crippen molar-refractivity contribution in [2.75, 3.05) is 6.26 Å². The van der Waals surface area contributed by atoms with Gasteiger partial charge in [0.2, 0.25) is 0 Å². The predicted octanol–water partition coefficient (Wildman–Crippen LogP) is 0.157. The second kappa shape index (κ2) is 2.75. The maximum atomic E-state index is 11.0. The van der Waals surface area contributed by atoms with Crippen molar-refractivity contribution in [2.24, 2.45) is 11.7 Å². The highest BCUT2D eigenvalue weighted by molar-refractivity contribution is 7.91. The molecule has 2 N–H and O–H groups in total. The van der Waals surface area contributed by atoms with Crippen LogP contribution in [0.15, 0.2) is 0 Å². The second-order valence-electron chi connectivity index (χ2n) is 3.45. The molecule has 3 nitrogen and oxygen atoms in total. The van der Waals surface area contributed by atoms with Gasteiger partial charge in [-0.1, -0.05) is 0 Å². The van der Waals surface area contributed by atoms with E-state index in [0.29, 0.717) is 5.92 Å². The van der Waals surface area contributed by atoms with Crippen LogP contribution in [0.3, 0.4) is 0 Å². The highest BCUT2D eigenvalue weighted by atomic mass is 32.2. The molecule has 0 bridgehead atoms. The summed E-state index contributed by atoms with van der Waals surface area (Å²) >= 11 is 0. The van der Waals surface area contributed by atoms with Gasteiger partial charge in [-0.15, -0.1) is 0 Å². The van der Waals surface area contributed by atoms with E-state index >= 15 is 0 Å². The van der Waals surface area contributed by atoms with E-state index in [1.165, 1.54) is 6.26 Å². The molecule has 0 amide bonds. The second-order valence-corrected chi connectivity index (χ2v) is 5.85. The first-order valence-electron chi connectivity index (χ1n) is 3.87. The van der Waals surface area contributed by atoms with Crippen molar-refractivity contribution in [3.8, 4) is 0 Å². The van der Waals surface area contributed by atoms with Gasteiger partial charge in [0, 0.05) is 12.3 Å². The topological polar surface area (TPSA) is 60.2 Å². The Morgan fingerprint density at radius 3 is 2.18 bits per heavy atom. The lowest BCUT2D eigenvalue weighted by Gasteiger charge is -2.16. The van der Waals surface area contributed by atoms with Gasteiger partial charge in [-0.25, -0.2) is 8.42 Å². The molecule has 1 saturated carbocycles. The Balaban J connectivity index is 2.59. The van der Waals surface area contributed by atoms with Crippen molar-refractivity contribution in [1.29, 1.82) is 0 Å². The molecule has 0 aromatic heterocycles. The summed E-state index contributed by atoms with van der Waals surface area (Å²) in [7, 11) is -2.93. The van der Waals surface area contributed by atoms with E-state index in [0.717, 1.165) is 12.8 Å². The summed E-state index contributed by atoms with van der Waals surface area (Å²) in [5.41, 5.74) is 5.73. The summed E-state index contributed by atoms with van der Waals surface area (Å²) in [6.07, 6.45) is 3.45.